The van der Waals surface area contributed by atoms with Crippen LogP contribution in [-0.4, -0.2) is 40.9 Å². The number of aliphatic carboxylic acids is 1. The fourth-order valence-electron chi connectivity index (χ4n) is 0.911. The Hall–Kier alpha value is -1.24. The number of thioether (sulfide) groups is 1. The summed E-state index contributed by atoms with van der Waals surface area (Å²) >= 11 is 1.29. The van der Waals surface area contributed by atoms with E-state index in [0.717, 1.165) is 0 Å². The minimum atomic E-state index is -1.16. The van der Waals surface area contributed by atoms with Crippen LogP contribution in [0.2, 0.25) is 0 Å². The van der Waals surface area contributed by atoms with Gasteiger partial charge in [-0.25, -0.2) is 4.79 Å². The van der Waals surface area contributed by atoms with Gasteiger partial charge in [-0.3, -0.25) is 9.59 Å². The van der Waals surface area contributed by atoms with Gasteiger partial charge in [-0.05, 0) is 12.7 Å². The number of nitrogens with two attached hydrogens (primary N) is 1. The molecular weight excluding hydrogens is 220 g/mol. The molecule has 0 bridgehead atoms. The van der Waals surface area contributed by atoms with Gasteiger partial charge in [-0.15, -0.1) is 0 Å². The van der Waals surface area contributed by atoms with Crippen LogP contribution >= 0.6 is 11.8 Å². The molecule has 86 valence electrons. The average molecular weight is 234 g/mol. The molecule has 0 aliphatic carbocycles. The number of carbonyl (C=O) groups is 3. The van der Waals surface area contributed by atoms with Crippen molar-refractivity contribution >= 4 is 29.5 Å². The molecule has 2 amide bonds. The largest absolute Gasteiger partial charge is 0.480 e. The van der Waals surface area contributed by atoms with Crippen molar-refractivity contribution in [3.8, 4) is 0 Å². The van der Waals surface area contributed by atoms with E-state index in [1.165, 1.54) is 11.8 Å². The van der Waals surface area contributed by atoms with Gasteiger partial charge in [0, 0.05) is 6.42 Å². The predicted molar refractivity (Wildman–Crippen MR) is 56.4 cm³/mol. The Balaban J connectivity index is 4.10. The fourth-order valence-corrected chi connectivity index (χ4v) is 1.26. The Bertz CT molecular complexity index is 257. The molecule has 0 aromatic carbocycles. The van der Waals surface area contributed by atoms with Crippen LogP contribution in [0.15, 0.2) is 0 Å². The quantitative estimate of drug-likeness (QED) is 0.533. The summed E-state index contributed by atoms with van der Waals surface area (Å²) < 4.78 is 0. The second-order valence-corrected chi connectivity index (χ2v) is 3.76. The van der Waals surface area contributed by atoms with Crippen molar-refractivity contribution in [3.63, 3.8) is 0 Å². The van der Waals surface area contributed by atoms with Gasteiger partial charge < -0.3 is 16.2 Å². The molecular formula is C8H14N2O4S. The van der Waals surface area contributed by atoms with Gasteiger partial charge in [0.15, 0.2) is 0 Å². The van der Waals surface area contributed by atoms with E-state index in [4.69, 9.17) is 10.8 Å². The van der Waals surface area contributed by atoms with Crippen LogP contribution in [0, 0.1) is 0 Å². The third-order valence-corrected chi connectivity index (χ3v) is 2.14. The monoisotopic (exact) mass is 234 g/mol. The first-order valence-corrected chi connectivity index (χ1v) is 5.66. The maximum Gasteiger partial charge on any atom is 0.326 e. The molecule has 0 aromatic heterocycles. The zero-order valence-corrected chi connectivity index (χ0v) is 9.17. The molecule has 6 nitrogen and oxygen atoms in total. The molecule has 0 aliphatic heterocycles. The maximum absolute atomic E-state index is 11.1. The van der Waals surface area contributed by atoms with E-state index in [1.54, 1.807) is 6.26 Å². The van der Waals surface area contributed by atoms with Gasteiger partial charge in [0.1, 0.15) is 6.04 Å². The van der Waals surface area contributed by atoms with Crippen molar-refractivity contribution in [1.29, 1.82) is 0 Å². The molecule has 1 atom stereocenters. The number of hydrogen-bond acceptors (Lipinski definition) is 4. The zero-order valence-electron chi connectivity index (χ0n) is 8.36. The highest BCUT2D eigenvalue weighted by Crippen LogP contribution is 1.99. The number of hydrogen-bond donors (Lipinski definition) is 3. The molecule has 0 unspecified atom stereocenters. The van der Waals surface area contributed by atoms with Crippen LogP contribution < -0.4 is 11.1 Å². The smallest absolute Gasteiger partial charge is 0.326 e. The second kappa shape index (κ2) is 7.10. The third kappa shape index (κ3) is 6.78. The molecule has 0 spiro atoms. The number of amides is 2. The van der Waals surface area contributed by atoms with Gasteiger partial charge in [-0.2, -0.15) is 11.8 Å². The number of carboxylic acids is 1. The average Bonchev–Trinajstić information content (AvgIpc) is 2.11. The van der Waals surface area contributed by atoms with Gasteiger partial charge in [0.05, 0.1) is 5.75 Å². The predicted octanol–water partition coefficient (Wildman–Crippen LogP) is -0.816. The minimum absolute atomic E-state index is 0.0186. The number of nitrogens with one attached hydrogen (secondary N) is 1. The third-order valence-electron chi connectivity index (χ3n) is 1.59. The standard InChI is InChI=1S/C8H14N2O4S/c1-15-4-7(12)10-5(8(13)14)2-3-6(9)11/h5H,2-4H2,1H3,(H2,9,11)(H,10,12)(H,13,14)/t5-/m0/s1. The summed E-state index contributed by atoms with van der Waals surface area (Å²) in [6.45, 7) is 0. The molecule has 0 rings (SSSR count). The van der Waals surface area contributed by atoms with Crippen LogP contribution in [0.5, 0.6) is 0 Å². The molecule has 15 heavy (non-hydrogen) atoms. The van der Waals surface area contributed by atoms with E-state index in [-0.39, 0.29) is 24.5 Å². The van der Waals surface area contributed by atoms with E-state index in [9.17, 15) is 14.4 Å². The first-order chi connectivity index (χ1) is 6.97. The maximum atomic E-state index is 11.1. The molecule has 0 heterocycles. The lowest BCUT2D eigenvalue weighted by atomic mass is 10.1. The Kier molecular flexibility index (Phi) is 6.52. The van der Waals surface area contributed by atoms with E-state index in [1.807, 2.05) is 0 Å². The molecule has 0 aliphatic rings. The van der Waals surface area contributed by atoms with E-state index in [0.29, 0.717) is 0 Å². The Morgan fingerprint density at radius 2 is 2.07 bits per heavy atom. The lowest BCUT2D eigenvalue weighted by Gasteiger charge is -2.12. The first kappa shape index (κ1) is 13.8. The Morgan fingerprint density at radius 3 is 2.47 bits per heavy atom. The molecule has 0 fully saturated rings. The highest BCUT2D eigenvalue weighted by atomic mass is 32.2. The first-order valence-electron chi connectivity index (χ1n) is 4.26. The van der Waals surface area contributed by atoms with Crippen LogP contribution in [0.4, 0.5) is 0 Å². The molecule has 0 saturated heterocycles. The summed E-state index contributed by atoms with van der Waals surface area (Å²) in [6.07, 6.45) is 1.69. The Labute approximate surface area is 91.6 Å². The molecule has 7 heteroatoms. The number of carbonyl (C=O) groups excluding carboxylic acids is 2. The van der Waals surface area contributed by atoms with E-state index in [2.05, 4.69) is 5.32 Å². The van der Waals surface area contributed by atoms with Crippen molar-refractivity contribution in [2.45, 2.75) is 18.9 Å². The van der Waals surface area contributed by atoms with Crippen molar-refractivity contribution in [1.82, 2.24) is 5.32 Å². The van der Waals surface area contributed by atoms with Crippen LogP contribution in [0.25, 0.3) is 0 Å². The van der Waals surface area contributed by atoms with E-state index >= 15 is 0 Å². The summed E-state index contributed by atoms with van der Waals surface area (Å²) in [7, 11) is 0. The topological polar surface area (TPSA) is 109 Å². The molecule has 4 N–H and O–H groups in total. The SMILES string of the molecule is CSCC(=O)N[C@@H](CCC(N)=O)C(=O)O. The highest BCUT2D eigenvalue weighted by Gasteiger charge is 2.19. The number of primary amides is 1. The molecule has 0 aromatic rings. The van der Waals surface area contributed by atoms with Gasteiger partial charge in [0.25, 0.3) is 0 Å². The minimum Gasteiger partial charge on any atom is -0.480 e. The van der Waals surface area contributed by atoms with Crippen LogP contribution in [0.1, 0.15) is 12.8 Å². The highest BCUT2D eigenvalue weighted by molar-refractivity contribution is 7.99. The summed E-state index contributed by atoms with van der Waals surface area (Å²) in [5.74, 6) is -1.91. The lowest BCUT2D eigenvalue weighted by molar-refractivity contribution is -0.141. The lowest BCUT2D eigenvalue weighted by Crippen LogP contribution is -2.42. The summed E-state index contributed by atoms with van der Waals surface area (Å²) in [6, 6.07) is -1.04. The van der Waals surface area contributed by atoms with Crippen LogP contribution in [-0.2, 0) is 14.4 Å². The summed E-state index contributed by atoms with van der Waals surface area (Å²) in [4.78, 5) is 32.2. The van der Waals surface area contributed by atoms with E-state index < -0.39 is 17.9 Å². The van der Waals surface area contributed by atoms with Gasteiger partial charge >= 0.3 is 5.97 Å². The summed E-state index contributed by atoms with van der Waals surface area (Å²) in [5.41, 5.74) is 4.88. The normalized spacial score (nSPS) is 11.8. The van der Waals surface area contributed by atoms with Crippen molar-refractivity contribution < 1.29 is 19.5 Å². The second-order valence-electron chi connectivity index (χ2n) is 2.90. The molecule has 0 saturated carbocycles. The molecule has 0 radical (unpaired) electrons. The fraction of sp³-hybridized carbons (Fsp3) is 0.625. The van der Waals surface area contributed by atoms with Crippen LogP contribution in [0.3, 0.4) is 0 Å². The van der Waals surface area contributed by atoms with Gasteiger partial charge in [-0.1, -0.05) is 0 Å². The van der Waals surface area contributed by atoms with Crippen molar-refractivity contribution in [2.75, 3.05) is 12.0 Å². The zero-order chi connectivity index (χ0) is 11.8. The van der Waals surface area contributed by atoms with Crippen molar-refractivity contribution in [3.05, 3.63) is 0 Å². The number of carboxylic acid groups (broad SMARTS) is 1. The van der Waals surface area contributed by atoms with Gasteiger partial charge in [0.2, 0.25) is 11.8 Å². The van der Waals surface area contributed by atoms with Crippen molar-refractivity contribution in [2.24, 2.45) is 5.73 Å². The number of rotatable bonds is 7. The Morgan fingerprint density at radius 1 is 1.47 bits per heavy atom. The summed E-state index contributed by atoms with van der Waals surface area (Å²) in [5, 5.41) is 11.0.